The molecular formula is C15H11BrO3. The van der Waals surface area contributed by atoms with E-state index in [0.29, 0.717) is 10.9 Å². The number of phenols is 1. The van der Waals surface area contributed by atoms with Crippen molar-refractivity contribution in [1.82, 2.24) is 0 Å². The second-order valence-electron chi connectivity index (χ2n) is 4.04. The minimum atomic E-state index is -0.577. The van der Waals surface area contributed by atoms with Crippen LogP contribution in [0.1, 0.15) is 26.3 Å². The van der Waals surface area contributed by atoms with Gasteiger partial charge in [-0.25, -0.2) is 0 Å². The zero-order valence-corrected chi connectivity index (χ0v) is 11.6. The van der Waals surface area contributed by atoms with Gasteiger partial charge in [0, 0.05) is 16.5 Å². The molecule has 0 saturated carbocycles. The number of alkyl halides is 1. The Bertz CT molecular complexity index is 600. The largest absolute Gasteiger partial charge is 0.508 e. The first-order valence-electron chi connectivity index (χ1n) is 5.65. The van der Waals surface area contributed by atoms with Crippen LogP contribution in [-0.2, 0) is 5.33 Å². The summed E-state index contributed by atoms with van der Waals surface area (Å²) in [5, 5.41) is 9.85. The topological polar surface area (TPSA) is 54.4 Å². The molecule has 0 bridgehead atoms. The van der Waals surface area contributed by atoms with Crippen molar-refractivity contribution in [3.63, 3.8) is 0 Å². The second-order valence-corrected chi connectivity index (χ2v) is 4.60. The number of aromatic hydroxyl groups is 1. The molecule has 0 fully saturated rings. The highest BCUT2D eigenvalue weighted by atomic mass is 79.9. The smallest absolute Gasteiger partial charge is 0.233 e. The van der Waals surface area contributed by atoms with Crippen molar-refractivity contribution in [2.45, 2.75) is 5.33 Å². The maximum Gasteiger partial charge on any atom is 0.233 e. The molecule has 0 atom stereocenters. The quantitative estimate of drug-likeness (QED) is 0.534. The van der Waals surface area contributed by atoms with Gasteiger partial charge in [-0.05, 0) is 29.8 Å². The van der Waals surface area contributed by atoms with Gasteiger partial charge in [0.15, 0.2) is 0 Å². The first kappa shape index (κ1) is 13.5. The molecule has 0 aliphatic carbocycles. The number of rotatable bonds is 4. The maximum absolute atomic E-state index is 12.0. The van der Waals surface area contributed by atoms with Gasteiger partial charge in [0.25, 0.3) is 0 Å². The molecule has 3 nitrogen and oxygen atoms in total. The fraction of sp³-hybridized carbons (Fsp3) is 0.0667. The van der Waals surface area contributed by atoms with Gasteiger partial charge < -0.3 is 5.11 Å². The molecule has 2 aromatic carbocycles. The Labute approximate surface area is 119 Å². The van der Waals surface area contributed by atoms with E-state index in [-0.39, 0.29) is 11.3 Å². The van der Waals surface area contributed by atoms with Gasteiger partial charge in [0.1, 0.15) is 5.75 Å². The molecule has 0 amide bonds. The minimum absolute atomic E-state index is 0.0608. The third-order valence-corrected chi connectivity index (χ3v) is 3.35. The number of benzene rings is 2. The van der Waals surface area contributed by atoms with Crippen molar-refractivity contribution in [3.05, 3.63) is 65.2 Å². The molecule has 2 aromatic rings. The first-order chi connectivity index (χ1) is 9.11. The average Bonchev–Trinajstić information content (AvgIpc) is 2.46. The Morgan fingerprint density at radius 2 is 1.26 bits per heavy atom. The van der Waals surface area contributed by atoms with Crippen molar-refractivity contribution in [3.8, 4) is 5.75 Å². The number of hydrogen-bond donors (Lipinski definition) is 1. The fourth-order valence-corrected chi connectivity index (χ4v) is 1.99. The SMILES string of the molecule is O=C(C(=O)c1ccc(CBr)cc1)c1ccc(O)cc1. The molecule has 0 heterocycles. The Morgan fingerprint density at radius 3 is 1.68 bits per heavy atom. The van der Waals surface area contributed by atoms with Crippen molar-refractivity contribution in [2.75, 3.05) is 0 Å². The van der Waals surface area contributed by atoms with E-state index in [1.165, 1.54) is 24.3 Å². The summed E-state index contributed by atoms with van der Waals surface area (Å²) < 4.78 is 0. The molecular weight excluding hydrogens is 308 g/mol. The van der Waals surface area contributed by atoms with Crippen molar-refractivity contribution in [1.29, 1.82) is 0 Å². The zero-order chi connectivity index (χ0) is 13.8. The van der Waals surface area contributed by atoms with E-state index in [0.717, 1.165) is 5.56 Å². The number of carbonyl (C=O) groups is 2. The van der Waals surface area contributed by atoms with Crippen LogP contribution in [0.3, 0.4) is 0 Å². The van der Waals surface area contributed by atoms with Crippen LogP contribution in [0.2, 0.25) is 0 Å². The predicted molar refractivity (Wildman–Crippen MR) is 75.8 cm³/mol. The molecule has 0 spiro atoms. The molecule has 0 aliphatic rings. The van der Waals surface area contributed by atoms with Gasteiger partial charge in [0.05, 0.1) is 0 Å². The number of ketones is 2. The number of hydrogen-bond acceptors (Lipinski definition) is 3. The van der Waals surface area contributed by atoms with Crippen LogP contribution >= 0.6 is 15.9 Å². The summed E-state index contributed by atoms with van der Waals surface area (Å²) in [7, 11) is 0. The molecule has 2 rings (SSSR count). The average molecular weight is 319 g/mol. The fourth-order valence-electron chi connectivity index (χ4n) is 1.62. The standard InChI is InChI=1S/C15H11BrO3/c16-9-10-1-3-11(4-2-10)14(18)15(19)12-5-7-13(17)8-6-12/h1-8,17H,9H2. The van der Waals surface area contributed by atoms with Gasteiger partial charge >= 0.3 is 0 Å². The Morgan fingerprint density at radius 1 is 0.842 bits per heavy atom. The van der Waals surface area contributed by atoms with Gasteiger partial charge in [-0.3, -0.25) is 9.59 Å². The molecule has 1 N–H and O–H groups in total. The summed E-state index contributed by atoms with van der Waals surface area (Å²) in [6.45, 7) is 0. The zero-order valence-electron chi connectivity index (χ0n) is 9.97. The van der Waals surface area contributed by atoms with Crippen LogP contribution in [0, 0.1) is 0 Å². The van der Waals surface area contributed by atoms with Gasteiger partial charge in [-0.15, -0.1) is 0 Å². The highest BCUT2D eigenvalue weighted by Crippen LogP contribution is 2.14. The monoisotopic (exact) mass is 318 g/mol. The third-order valence-electron chi connectivity index (χ3n) is 2.71. The number of carbonyl (C=O) groups excluding carboxylic acids is 2. The highest BCUT2D eigenvalue weighted by Gasteiger charge is 2.17. The van der Waals surface area contributed by atoms with Crippen LogP contribution in [0.15, 0.2) is 48.5 Å². The predicted octanol–water partition coefficient (Wildman–Crippen LogP) is 3.35. The van der Waals surface area contributed by atoms with E-state index in [1.54, 1.807) is 24.3 Å². The third kappa shape index (κ3) is 3.09. The van der Waals surface area contributed by atoms with E-state index in [4.69, 9.17) is 5.11 Å². The van der Waals surface area contributed by atoms with Crippen LogP contribution in [0.4, 0.5) is 0 Å². The maximum atomic E-state index is 12.0. The molecule has 0 aliphatic heterocycles. The van der Waals surface area contributed by atoms with E-state index < -0.39 is 11.6 Å². The van der Waals surface area contributed by atoms with Gasteiger partial charge in [-0.2, -0.15) is 0 Å². The van der Waals surface area contributed by atoms with E-state index in [2.05, 4.69) is 15.9 Å². The number of phenolic OH excluding ortho intramolecular Hbond substituents is 1. The Kier molecular flexibility index (Phi) is 4.12. The summed E-state index contributed by atoms with van der Waals surface area (Å²) >= 11 is 3.32. The summed E-state index contributed by atoms with van der Waals surface area (Å²) in [5.41, 5.74) is 1.67. The molecule has 0 unspecified atom stereocenters. The Balaban J connectivity index is 2.23. The van der Waals surface area contributed by atoms with Crippen molar-refractivity contribution >= 4 is 27.5 Å². The second kappa shape index (κ2) is 5.80. The lowest BCUT2D eigenvalue weighted by Crippen LogP contribution is -2.14. The number of halogens is 1. The number of Topliss-reactive ketones (excluding diaryl/α,β-unsaturated/α-hetero) is 2. The lowest BCUT2D eigenvalue weighted by atomic mass is 10.0. The lowest BCUT2D eigenvalue weighted by molar-refractivity contribution is 0.0817. The van der Waals surface area contributed by atoms with Crippen LogP contribution < -0.4 is 0 Å². The summed E-state index contributed by atoms with van der Waals surface area (Å²) in [6.07, 6.45) is 0. The highest BCUT2D eigenvalue weighted by molar-refractivity contribution is 9.08. The van der Waals surface area contributed by atoms with Crippen LogP contribution in [0.25, 0.3) is 0 Å². The molecule has 0 saturated heterocycles. The lowest BCUT2D eigenvalue weighted by Gasteiger charge is -2.02. The van der Waals surface area contributed by atoms with Crippen LogP contribution in [-0.4, -0.2) is 16.7 Å². The van der Waals surface area contributed by atoms with Gasteiger partial charge in [0.2, 0.25) is 11.6 Å². The molecule has 0 radical (unpaired) electrons. The van der Waals surface area contributed by atoms with E-state index >= 15 is 0 Å². The van der Waals surface area contributed by atoms with Crippen LogP contribution in [0.5, 0.6) is 5.75 Å². The molecule has 19 heavy (non-hydrogen) atoms. The molecule has 4 heteroatoms. The van der Waals surface area contributed by atoms with Crippen molar-refractivity contribution < 1.29 is 14.7 Å². The summed E-state index contributed by atoms with van der Waals surface area (Å²) in [6, 6.07) is 12.5. The minimum Gasteiger partial charge on any atom is -0.508 e. The van der Waals surface area contributed by atoms with Gasteiger partial charge in [-0.1, -0.05) is 40.2 Å². The van der Waals surface area contributed by atoms with E-state index in [1.807, 2.05) is 0 Å². The molecule has 96 valence electrons. The van der Waals surface area contributed by atoms with Crippen molar-refractivity contribution in [2.24, 2.45) is 0 Å². The molecule has 0 aromatic heterocycles. The summed E-state index contributed by atoms with van der Waals surface area (Å²) in [5.74, 6) is -1.07. The summed E-state index contributed by atoms with van der Waals surface area (Å²) in [4.78, 5) is 24.0. The van der Waals surface area contributed by atoms with E-state index in [9.17, 15) is 9.59 Å². The normalized spacial score (nSPS) is 10.2. The Hall–Kier alpha value is -1.94. The first-order valence-corrected chi connectivity index (χ1v) is 6.77.